The van der Waals surface area contributed by atoms with Crippen LogP contribution in [-0.2, 0) is 0 Å². The monoisotopic (exact) mass is 300 g/mol. The van der Waals surface area contributed by atoms with E-state index in [1.165, 1.54) is 12.3 Å². The quantitative estimate of drug-likeness (QED) is 0.875. The number of hydrogen-bond donors (Lipinski definition) is 1. The van der Waals surface area contributed by atoms with Crippen molar-refractivity contribution < 1.29 is 14.7 Å². The standard InChI is InChI=1S/C10H5ClN2O3S2/c11-7-6(4-14)17-10(13-7)18-8-5(9(15)16)2-1-3-12-8/h1-4H,(H,15,16). The van der Waals surface area contributed by atoms with Crippen LogP contribution in [0.4, 0.5) is 0 Å². The number of aromatic nitrogens is 2. The SMILES string of the molecule is O=Cc1sc(Sc2ncccc2C(=O)O)nc1Cl. The van der Waals surface area contributed by atoms with Crippen LogP contribution in [0.1, 0.15) is 20.0 Å². The number of nitrogens with zero attached hydrogens (tertiary/aromatic N) is 2. The summed E-state index contributed by atoms with van der Waals surface area (Å²) in [6, 6.07) is 2.99. The van der Waals surface area contributed by atoms with Crippen molar-refractivity contribution in [3.63, 3.8) is 0 Å². The van der Waals surface area contributed by atoms with Gasteiger partial charge in [-0.1, -0.05) is 11.6 Å². The minimum atomic E-state index is -1.07. The van der Waals surface area contributed by atoms with Gasteiger partial charge in [-0.15, -0.1) is 11.3 Å². The zero-order valence-corrected chi connectivity index (χ0v) is 11.1. The maximum Gasteiger partial charge on any atom is 0.338 e. The summed E-state index contributed by atoms with van der Waals surface area (Å²) in [5.74, 6) is -1.07. The molecular formula is C10H5ClN2O3S2. The Bertz CT molecular complexity index is 615. The summed E-state index contributed by atoms with van der Waals surface area (Å²) in [5, 5.41) is 9.43. The van der Waals surface area contributed by atoms with Gasteiger partial charge in [0.2, 0.25) is 0 Å². The van der Waals surface area contributed by atoms with Crippen LogP contribution in [0.2, 0.25) is 5.15 Å². The number of carbonyl (C=O) groups excluding carboxylic acids is 1. The molecule has 0 aliphatic carbocycles. The predicted molar refractivity (Wildman–Crippen MR) is 67.8 cm³/mol. The van der Waals surface area contributed by atoms with Gasteiger partial charge in [-0.2, -0.15) is 0 Å². The van der Waals surface area contributed by atoms with E-state index >= 15 is 0 Å². The van der Waals surface area contributed by atoms with E-state index in [0.717, 1.165) is 23.1 Å². The average Bonchev–Trinajstić information content (AvgIpc) is 2.70. The summed E-state index contributed by atoms with van der Waals surface area (Å²) < 4.78 is 0.475. The lowest BCUT2D eigenvalue weighted by Gasteiger charge is -2.00. The van der Waals surface area contributed by atoms with Gasteiger partial charge in [-0.25, -0.2) is 14.8 Å². The van der Waals surface area contributed by atoms with Crippen molar-refractivity contribution in [3.8, 4) is 0 Å². The molecule has 0 aliphatic heterocycles. The second-order valence-corrected chi connectivity index (χ2v) is 5.64. The third-order valence-electron chi connectivity index (χ3n) is 1.88. The fourth-order valence-corrected chi connectivity index (χ4v) is 3.33. The van der Waals surface area contributed by atoms with Crippen molar-refractivity contribution in [2.24, 2.45) is 0 Å². The van der Waals surface area contributed by atoms with Crippen LogP contribution in [0.5, 0.6) is 0 Å². The molecule has 2 heterocycles. The van der Waals surface area contributed by atoms with Crippen molar-refractivity contribution in [3.05, 3.63) is 33.9 Å². The number of aldehydes is 1. The number of aromatic carboxylic acids is 1. The zero-order valence-electron chi connectivity index (χ0n) is 8.66. The molecule has 92 valence electrons. The summed E-state index contributed by atoms with van der Waals surface area (Å²) in [6.45, 7) is 0. The molecule has 8 heteroatoms. The number of rotatable bonds is 4. The molecule has 0 saturated heterocycles. The fraction of sp³-hybridized carbons (Fsp3) is 0. The first kappa shape index (κ1) is 13.0. The summed E-state index contributed by atoms with van der Waals surface area (Å²) in [5.41, 5.74) is 0.0847. The van der Waals surface area contributed by atoms with Crippen molar-refractivity contribution >= 4 is 47.0 Å². The minimum Gasteiger partial charge on any atom is -0.478 e. The Kier molecular flexibility index (Phi) is 3.95. The van der Waals surface area contributed by atoms with Gasteiger partial charge in [0.25, 0.3) is 0 Å². The highest BCUT2D eigenvalue weighted by Gasteiger charge is 2.15. The molecule has 0 aliphatic rings. The molecule has 0 fully saturated rings. The minimum absolute atomic E-state index is 0.0847. The van der Waals surface area contributed by atoms with E-state index in [1.54, 1.807) is 6.07 Å². The third kappa shape index (κ3) is 2.69. The highest BCUT2D eigenvalue weighted by atomic mass is 35.5. The molecule has 0 atom stereocenters. The van der Waals surface area contributed by atoms with Gasteiger partial charge in [0.1, 0.15) is 9.90 Å². The predicted octanol–water partition coefficient (Wildman–Crippen LogP) is 2.85. The number of carbonyl (C=O) groups is 2. The van der Waals surface area contributed by atoms with E-state index in [1.807, 2.05) is 0 Å². The number of carboxylic acids is 1. The van der Waals surface area contributed by atoms with Gasteiger partial charge in [-0.05, 0) is 23.9 Å². The molecule has 0 amide bonds. The summed E-state index contributed by atoms with van der Waals surface area (Å²) >= 11 is 7.89. The topological polar surface area (TPSA) is 80.2 Å². The first-order chi connectivity index (χ1) is 8.61. The van der Waals surface area contributed by atoms with Gasteiger partial charge >= 0.3 is 5.97 Å². The number of hydrogen-bond acceptors (Lipinski definition) is 6. The second kappa shape index (κ2) is 5.47. The Balaban J connectivity index is 2.33. The average molecular weight is 301 g/mol. The highest BCUT2D eigenvalue weighted by Crippen LogP contribution is 2.34. The van der Waals surface area contributed by atoms with Gasteiger partial charge in [-0.3, -0.25) is 4.79 Å². The molecule has 0 radical (unpaired) electrons. The van der Waals surface area contributed by atoms with Gasteiger partial charge in [0.15, 0.2) is 15.8 Å². The van der Waals surface area contributed by atoms with Crippen molar-refractivity contribution in [1.29, 1.82) is 0 Å². The Hall–Kier alpha value is -1.44. The summed E-state index contributed by atoms with van der Waals surface area (Å²) in [7, 11) is 0. The molecule has 0 aromatic carbocycles. The van der Waals surface area contributed by atoms with Crippen LogP contribution in [0.3, 0.4) is 0 Å². The van der Waals surface area contributed by atoms with E-state index in [0.29, 0.717) is 20.5 Å². The number of halogens is 1. The normalized spacial score (nSPS) is 10.3. The maximum absolute atomic E-state index is 11.0. The van der Waals surface area contributed by atoms with Gasteiger partial charge in [0.05, 0.1) is 5.56 Å². The Morgan fingerprint density at radius 3 is 2.94 bits per heavy atom. The number of carboxylic acid groups (broad SMARTS) is 1. The van der Waals surface area contributed by atoms with Crippen LogP contribution >= 0.6 is 34.7 Å². The summed E-state index contributed by atoms with van der Waals surface area (Å²) in [6.07, 6.45) is 2.10. The van der Waals surface area contributed by atoms with Gasteiger partial charge in [0, 0.05) is 6.20 Å². The van der Waals surface area contributed by atoms with E-state index in [4.69, 9.17) is 16.7 Å². The zero-order chi connectivity index (χ0) is 13.1. The number of thiazole rings is 1. The van der Waals surface area contributed by atoms with Crippen LogP contribution in [-0.4, -0.2) is 27.3 Å². The van der Waals surface area contributed by atoms with Crippen molar-refractivity contribution in [1.82, 2.24) is 9.97 Å². The van der Waals surface area contributed by atoms with Crippen molar-refractivity contribution in [2.75, 3.05) is 0 Å². The molecule has 2 aromatic rings. The molecule has 2 aromatic heterocycles. The first-order valence-electron chi connectivity index (χ1n) is 4.59. The lowest BCUT2D eigenvalue weighted by molar-refractivity contribution is 0.0692. The Morgan fingerprint density at radius 1 is 1.56 bits per heavy atom. The van der Waals surface area contributed by atoms with Crippen molar-refractivity contribution in [2.45, 2.75) is 9.37 Å². The van der Waals surface area contributed by atoms with E-state index in [9.17, 15) is 9.59 Å². The van der Waals surface area contributed by atoms with E-state index < -0.39 is 5.97 Å². The van der Waals surface area contributed by atoms with Crippen LogP contribution in [0.15, 0.2) is 27.7 Å². The van der Waals surface area contributed by atoms with Crippen LogP contribution < -0.4 is 0 Å². The molecule has 18 heavy (non-hydrogen) atoms. The molecule has 1 N–H and O–H groups in total. The molecule has 0 unspecified atom stereocenters. The Labute approximate surface area is 115 Å². The van der Waals surface area contributed by atoms with Crippen LogP contribution in [0, 0.1) is 0 Å². The molecule has 2 rings (SSSR count). The Morgan fingerprint density at radius 2 is 2.33 bits per heavy atom. The second-order valence-electron chi connectivity index (χ2n) is 3.02. The fourth-order valence-electron chi connectivity index (χ4n) is 1.13. The van der Waals surface area contributed by atoms with E-state index in [2.05, 4.69) is 9.97 Å². The molecule has 0 saturated carbocycles. The highest BCUT2D eigenvalue weighted by molar-refractivity contribution is 8.01. The first-order valence-corrected chi connectivity index (χ1v) is 6.60. The van der Waals surface area contributed by atoms with E-state index in [-0.39, 0.29) is 10.7 Å². The van der Waals surface area contributed by atoms with Gasteiger partial charge < -0.3 is 5.11 Å². The van der Waals surface area contributed by atoms with Crippen LogP contribution in [0.25, 0.3) is 0 Å². The lowest BCUT2D eigenvalue weighted by atomic mass is 10.3. The molecular weight excluding hydrogens is 296 g/mol. The third-order valence-corrected chi connectivity index (χ3v) is 4.34. The molecule has 0 spiro atoms. The number of pyridine rings is 1. The summed E-state index contributed by atoms with van der Waals surface area (Å²) in [4.78, 5) is 29.9. The molecule has 0 bridgehead atoms. The smallest absolute Gasteiger partial charge is 0.338 e. The maximum atomic E-state index is 11.0. The molecule has 5 nitrogen and oxygen atoms in total. The lowest BCUT2D eigenvalue weighted by Crippen LogP contribution is -1.99. The largest absolute Gasteiger partial charge is 0.478 e.